The van der Waals surface area contributed by atoms with E-state index in [1.165, 1.54) is 44.1 Å². The number of benzene rings is 3. The Hall–Kier alpha value is -3.37. The Morgan fingerprint density at radius 2 is 1.50 bits per heavy atom. The van der Waals surface area contributed by atoms with E-state index in [9.17, 15) is 4.79 Å². The van der Waals surface area contributed by atoms with Crippen LogP contribution in [0.25, 0.3) is 22.4 Å². The first kappa shape index (κ1) is 25.7. The van der Waals surface area contributed by atoms with E-state index in [1.807, 2.05) is 42.5 Å². The molecule has 1 aromatic heterocycles. The average Bonchev–Trinajstić information content (AvgIpc) is 3.28. The minimum Gasteiger partial charge on any atom is -0.360 e. The number of anilines is 1. The van der Waals surface area contributed by atoms with Crippen LogP contribution in [0.5, 0.6) is 0 Å². The molecule has 0 radical (unpaired) electrons. The topological polar surface area (TPSA) is 55.1 Å². The molecule has 0 saturated carbocycles. The Balaban J connectivity index is 1.38. The molecule has 0 spiro atoms. The van der Waals surface area contributed by atoms with Crippen molar-refractivity contribution >= 4 is 23.2 Å². The maximum atomic E-state index is 13.1. The summed E-state index contributed by atoms with van der Waals surface area (Å²) >= 11 is 6.32. The Bertz CT molecular complexity index is 1280. The SMILES string of the molecule is CCCCCCCCc1ccc(-c2ccc(NC(=O)c3c(-c4ccccc4Cl)noc3C)cc2)cc1. The van der Waals surface area contributed by atoms with Crippen LogP contribution in [-0.4, -0.2) is 11.1 Å². The molecular formula is C31H33ClN2O2. The van der Waals surface area contributed by atoms with Gasteiger partial charge in [0.2, 0.25) is 0 Å². The monoisotopic (exact) mass is 500 g/mol. The van der Waals surface area contributed by atoms with E-state index in [0.29, 0.717) is 33.3 Å². The van der Waals surface area contributed by atoms with Gasteiger partial charge in [-0.2, -0.15) is 0 Å². The Kier molecular flexibility index (Phi) is 8.96. The fraction of sp³-hybridized carbons (Fsp3) is 0.290. The number of amides is 1. The number of hydrogen-bond donors (Lipinski definition) is 1. The third-order valence-electron chi connectivity index (χ3n) is 6.47. The maximum Gasteiger partial charge on any atom is 0.261 e. The zero-order chi connectivity index (χ0) is 25.3. The molecule has 0 aliphatic heterocycles. The summed E-state index contributed by atoms with van der Waals surface area (Å²) in [6.07, 6.45) is 9.03. The highest BCUT2D eigenvalue weighted by atomic mass is 35.5. The second kappa shape index (κ2) is 12.5. The molecule has 0 fully saturated rings. The van der Waals surface area contributed by atoms with Crippen LogP contribution in [0.3, 0.4) is 0 Å². The van der Waals surface area contributed by atoms with Crippen LogP contribution in [0.1, 0.15) is 67.1 Å². The fourth-order valence-electron chi connectivity index (χ4n) is 4.39. The number of carbonyl (C=O) groups excluding carboxylic acids is 1. The highest BCUT2D eigenvalue weighted by molar-refractivity contribution is 6.33. The van der Waals surface area contributed by atoms with Crippen LogP contribution in [0.4, 0.5) is 5.69 Å². The van der Waals surface area contributed by atoms with Gasteiger partial charge in [-0.15, -0.1) is 0 Å². The van der Waals surface area contributed by atoms with Gasteiger partial charge in [0, 0.05) is 11.3 Å². The first-order valence-electron chi connectivity index (χ1n) is 12.8. The third-order valence-corrected chi connectivity index (χ3v) is 6.80. The number of unbranched alkanes of at least 4 members (excludes halogenated alkanes) is 5. The van der Waals surface area contributed by atoms with Gasteiger partial charge in [0.05, 0.1) is 5.02 Å². The molecule has 1 amide bonds. The molecule has 0 atom stereocenters. The summed E-state index contributed by atoms with van der Waals surface area (Å²) in [6.45, 7) is 3.98. The maximum absolute atomic E-state index is 13.1. The van der Waals surface area contributed by atoms with Crippen molar-refractivity contribution in [1.29, 1.82) is 0 Å². The molecule has 36 heavy (non-hydrogen) atoms. The van der Waals surface area contributed by atoms with Gasteiger partial charge in [0.25, 0.3) is 5.91 Å². The number of aryl methyl sites for hydroxylation is 2. The molecule has 5 heteroatoms. The highest BCUT2D eigenvalue weighted by Crippen LogP contribution is 2.31. The van der Waals surface area contributed by atoms with E-state index < -0.39 is 0 Å². The van der Waals surface area contributed by atoms with Crippen molar-refractivity contribution in [2.45, 2.75) is 58.8 Å². The second-order valence-electron chi connectivity index (χ2n) is 9.19. The Labute approximate surface area is 218 Å². The van der Waals surface area contributed by atoms with Crippen LogP contribution < -0.4 is 5.32 Å². The van der Waals surface area contributed by atoms with Crippen LogP contribution in [0.2, 0.25) is 5.02 Å². The third kappa shape index (κ3) is 6.44. The number of nitrogens with one attached hydrogen (secondary N) is 1. The lowest BCUT2D eigenvalue weighted by Gasteiger charge is -2.09. The number of nitrogens with zero attached hydrogens (tertiary/aromatic N) is 1. The Morgan fingerprint density at radius 3 is 2.19 bits per heavy atom. The predicted octanol–water partition coefficient (Wildman–Crippen LogP) is 9.13. The van der Waals surface area contributed by atoms with Gasteiger partial charge in [-0.3, -0.25) is 4.79 Å². The average molecular weight is 501 g/mol. The lowest BCUT2D eigenvalue weighted by molar-refractivity contribution is 0.102. The van der Waals surface area contributed by atoms with Crippen molar-refractivity contribution in [2.75, 3.05) is 5.32 Å². The molecule has 4 rings (SSSR count). The molecule has 0 aliphatic rings. The molecular weight excluding hydrogens is 468 g/mol. The molecule has 0 saturated heterocycles. The molecule has 1 N–H and O–H groups in total. The summed E-state index contributed by atoms with van der Waals surface area (Å²) in [7, 11) is 0. The molecule has 3 aromatic carbocycles. The lowest BCUT2D eigenvalue weighted by Crippen LogP contribution is -2.13. The summed E-state index contributed by atoms with van der Waals surface area (Å²) in [5.74, 6) is 0.163. The Morgan fingerprint density at radius 1 is 0.861 bits per heavy atom. The van der Waals surface area contributed by atoms with E-state index in [1.54, 1.807) is 13.0 Å². The molecule has 0 bridgehead atoms. The van der Waals surface area contributed by atoms with Gasteiger partial charge in [0.1, 0.15) is 17.0 Å². The normalized spacial score (nSPS) is 11.0. The highest BCUT2D eigenvalue weighted by Gasteiger charge is 2.23. The zero-order valence-corrected chi connectivity index (χ0v) is 21.8. The number of rotatable bonds is 11. The van der Waals surface area contributed by atoms with E-state index >= 15 is 0 Å². The van der Waals surface area contributed by atoms with Crippen molar-refractivity contribution in [1.82, 2.24) is 5.16 Å². The summed E-state index contributed by atoms with van der Waals surface area (Å²) in [5.41, 5.74) is 5.84. The van der Waals surface area contributed by atoms with Gasteiger partial charge in [-0.05, 0) is 54.7 Å². The predicted molar refractivity (Wildman–Crippen MR) is 149 cm³/mol. The van der Waals surface area contributed by atoms with Gasteiger partial charge in [-0.1, -0.05) is 110 Å². The van der Waals surface area contributed by atoms with Crippen molar-refractivity contribution in [3.63, 3.8) is 0 Å². The van der Waals surface area contributed by atoms with Crippen molar-refractivity contribution < 1.29 is 9.32 Å². The molecule has 4 nitrogen and oxygen atoms in total. The van der Waals surface area contributed by atoms with Crippen LogP contribution in [0.15, 0.2) is 77.3 Å². The van der Waals surface area contributed by atoms with E-state index in [4.69, 9.17) is 16.1 Å². The van der Waals surface area contributed by atoms with E-state index in [2.05, 4.69) is 41.7 Å². The first-order valence-corrected chi connectivity index (χ1v) is 13.2. The lowest BCUT2D eigenvalue weighted by atomic mass is 10.0. The smallest absolute Gasteiger partial charge is 0.261 e. The number of hydrogen-bond acceptors (Lipinski definition) is 3. The molecule has 186 valence electrons. The number of halogens is 1. The molecule has 0 unspecified atom stereocenters. The number of aromatic nitrogens is 1. The van der Waals surface area contributed by atoms with Crippen LogP contribution in [0, 0.1) is 6.92 Å². The quantitative estimate of drug-likeness (QED) is 0.209. The summed E-state index contributed by atoms with van der Waals surface area (Å²) in [6, 6.07) is 24.0. The zero-order valence-electron chi connectivity index (χ0n) is 21.0. The first-order chi connectivity index (χ1) is 17.6. The molecule has 0 aliphatic carbocycles. The molecule has 1 heterocycles. The van der Waals surface area contributed by atoms with Gasteiger partial charge < -0.3 is 9.84 Å². The summed E-state index contributed by atoms with van der Waals surface area (Å²) in [5, 5.41) is 7.56. The van der Waals surface area contributed by atoms with Crippen molar-refractivity contribution in [3.05, 3.63) is 94.7 Å². The van der Waals surface area contributed by atoms with Crippen LogP contribution in [-0.2, 0) is 6.42 Å². The standard InChI is InChI=1S/C31H33ClN2O2/c1-3-4-5-6-7-8-11-23-14-16-24(17-15-23)25-18-20-26(21-19-25)33-31(35)29-22(2)36-34-30(29)27-12-9-10-13-28(27)32/h9-10,12-21H,3-8,11H2,1-2H3,(H,33,35). The van der Waals surface area contributed by atoms with Gasteiger partial charge >= 0.3 is 0 Å². The number of carbonyl (C=O) groups is 1. The fourth-order valence-corrected chi connectivity index (χ4v) is 4.61. The van der Waals surface area contributed by atoms with Crippen molar-refractivity contribution in [3.8, 4) is 22.4 Å². The summed E-state index contributed by atoms with van der Waals surface area (Å²) < 4.78 is 5.33. The molecule has 4 aromatic rings. The second-order valence-corrected chi connectivity index (χ2v) is 9.60. The van der Waals surface area contributed by atoms with E-state index in [-0.39, 0.29) is 5.91 Å². The minimum absolute atomic E-state index is 0.282. The van der Waals surface area contributed by atoms with Crippen molar-refractivity contribution in [2.24, 2.45) is 0 Å². The van der Waals surface area contributed by atoms with Gasteiger partial charge in [0.15, 0.2) is 0 Å². The minimum atomic E-state index is -0.282. The van der Waals surface area contributed by atoms with Crippen LogP contribution >= 0.6 is 11.6 Å². The summed E-state index contributed by atoms with van der Waals surface area (Å²) in [4.78, 5) is 13.1. The van der Waals surface area contributed by atoms with E-state index in [0.717, 1.165) is 17.5 Å². The largest absolute Gasteiger partial charge is 0.360 e. The van der Waals surface area contributed by atoms with Gasteiger partial charge in [-0.25, -0.2) is 0 Å².